The standard InChI is InChI=1S/C10H10Cl2O2/c1-14-10(13)5-2-7-6-8(11)3-4-9(7)12/h3-4,6H,2,5H2,1H3. The number of carbonyl (C=O) groups excluding carboxylic acids is 1. The Hall–Kier alpha value is -0.730. The van der Waals surface area contributed by atoms with Gasteiger partial charge in [-0.3, -0.25) is 4.79 Å². The summed E-state index contributed by atoms with van der Waals surface area (Å²) in [6, 6.07) is 5.19. The third-order valence-corrected chi connectivity index (χ3v) is 2.44. The van der Waals surface area contributed by atoms with Crippen molar-refractivity contribution < 1.29 is 9.53 Å². The molecule has 1 rings (SSSR count). The fourth-order valence-corrected chi connectivity index (χ4v) is 1.48. The highest BCUT2D eigenvalue weighted by atomic mass is 35.5. The molecule has 0 aromatic heterocycles. The first-order valence-electron chi connectivity index (χ1n) is 4.14. The minimum Gasteiger partial charge on any atom is -0.469 e. The van der Waals surface area contributed by atoms with Gasteiger partial charge < -0.3 is 4.74 Å². The van der Waals surface area contributed by atoms with Gasteiger partial charge in [-0.2, -0.15) is 0 Å². The Morgan fingerprint density at radius 2 is 2.14 bits per heavy atom. The van der Waals surface area contributed by atoms with E-state index in [0.29, 0.717) is 22.9 Å². The molecule has 0 N–H and O–H groups in total. The van der Waals surface area contributed by atoms with Crippen LogP contribution in [-0.4, -0.2) is 13.1 Å². The zero-order chi connectivity index (χ0) is 10.6. The maximum Gasteiger partial charge on any atom is 0.305 e. The number of hydrogen-bond acceptors (Lipinski definition) is 2. The summed E-state index contributed by atoms with van der Waals surface area (Å²) in [5.41, 5.74) is 0.865. The molecule has 1 aromatic rings. The van der Waals surface area contributed by atoms with E-state index >= 15 is 0 Å². The van der Waals surface area contributed by atoms with Crippen LogP contribution in [0, 0.1) is 0 Å². The van der Waals surface area contributed by atoms with Crippen molar-refractivity contribution in [3.8, 4) is 0 Å². The van der Waals surface area contributed by atoms with Gasteiger partial charge in [0.15, 0.2) is 0 Å². The largest absolute Gasteiger partial charge is 0.469 e. The van der Waals surface area contributed by atoms with Gasteiger partial charge in [-0.1, -0.05) is 23.2 Å². The molecule has 4 heteroatoms. The lowest BCUT2D eigenvalue weighted by Gasteiger charge is -2.03. The summed E-state index contributed by atoms with van der Waals surface area (Å²) in [6.07, 6.45) is 0.864. The maximum atomic E-state index is 10.9. The topological polar surface area (TPSA) is 26.3 Å². The first kappa shape index (κ1) is 11.3. The van der Waals surface area contributed by atoms with Crippen LogP contribution in [0.5, 0.6) is 0 Å². The van der Waals surface area contributed by atoms with E-state index in [1.165, 1.54) is 7.11 Å². The first-order chi connectivity index (χ1) is 6.63. The summed E-state index contributed by atoms with van der Waals surface area (Å²) < 4.78 is 4.53. The van der Waals surface area contributed by atoms with Crippen molar-refractivity contribution in [1.82, 2.24) is 0 Å². The predicted octanol–water partition coefficient (Wildman–Crippen LogP) is 3.10. The Balaban J connectivity index is 2.66. The van der Waals surface area contributed by atoms with Gasteiger partial charge in [0.2, 0.25) is 0 Å². The molecule has 0 radical (unpaired) electrons. The van der Waals surface area contributed by atoms with Crippen LogP contribution >= 0.6 is 23.2 Å². The molecule has 0 amide bonds. The Bertz CT molecular complexity index is 337. The lowest BCUT2D eigenvalue weighted by Crippen LogP contribution is -2.02. The third kappa shape index (κ3) is 3.20. The Labute approximate surface area is 92.8 Å². The maximum absolute atomic E-state index is 10.9. The summed E-state index contributed by atoms with van der Waals surface area (Å²) in [7, 11) is 1.36. The van der Waals surface area contributed by atoms with Crippen LogP contribution in [0.1, 0.15) is 12.0 Å². The van der Waals surface area contributed by atoms with Crippen molar-refractivity contribution in [2.75, 3.05) is 7.11 Å². The second-order valence-electron chi connectivity index (χ2n) is 2.81. The lowest BCUT2D eigenvalue weighted by molar-refractivity contribution is -0.140. The zero-order valence-corrected chi connectivity index (χ0v) is 9.23. The number of methoxy groups -OCH3 is 1. The molecule has 0 unspecified atom stereocenters. The Morgan fingerprint density at radius 3 is 2.79 bits per heavy atom. The Kier molecular flexibility index (Phi) is 4.23. The van der Waals surface area contributed by atoms with Crippen LogP contribution in [0.25, 0.3) is 0 Å². The SMILES string of the molecule is COC(=O)CCc1cc(Cl)ccc1Cl. The van der Waals surface area contributed by atoms with Crippen LogP contribution in [-0.2, 0) is 16.0 Å². The van der Waals surface area contributed by atoms with Crippen molar-refractivity contribution in [1.29, 1.82) is 0 Å². The van der Waals surface area contributed by atoms with Crippen molar-refractivity contribution in [3.05, 3.63) is 33.8 Å². The number of halogens is 2. The van der Waals surface area contributed by atoms with Crippen molar-refractivity contribution in [3.63, 3.8) is 0 Å². The highest BCUT2D eigenvalue weighted by Crippen LogP contribution is 2.21. The van der Waals surface area contributed by atoms with E-state index in [9.17, 15) is 4.79 Å². The fraction of sp³-hybridized carbons (Fsp3) is 0.300. The summed E-state index contributed by atoms with van der Waals surface area (Å²) in [5, 5.41) is 1.24. The predicted molar refractivity (Wildman–Crippen MR) is 56.8 cm³/mol. The van der Waals surface area contributed by atoms with E-state index < -0.39 is 0 Å². The van der Waals surface area contributed by atoms with Crippen LogP contribution < -0.4 is 0 Å². The number of carbonyl (C=O) groups is 1. The Morgan fingerprint density at radius 1 is 1.43 bits per heavy atom. The van der Waals surface area contributed by atoms with E-state index in [0.717, 1.165) is 5.56 Å². The summed E-state index contributed by atoms with van der Waals surface area (Å²) in [5.74, 6) is -0.249. The molecule has 0 aliphatic heterocycles. The molecule has 0 bridgehead atoms. The molecule has 0 heterocycles. The molecule has 0 aliphatic carbocycles. The van der Waals surface area contributed by atoms with Gasteiger partial charge in [0, 0.05) is 16.5 Å². The molecular weight excluding hydrogens is 223 g/mol. The molecule has 0 fully saturated rings. The molecule has 1 aromatic carbocycles. The van der Waals surface area contributed by atoms with Gasteiger partial charge in [0.05, 0.1) is 7.11 Å². The minimum atomic E-state index is -0.249. The second-order valence-corrected chi connectivity index (χ2v) is 3.66. The lowest BCUT2D eigenvalue weighted by atomic mass is 10.1. The van der Waals surface area contributed by atoms with Gasteiger partial charge in [-0.25, -0.2) is 0 Å². The van der Waals surface area contributed by atoms with E-state index in [4.69, 9.17) is 23.2 Å². The number of benzene rings is 1. The molecule has 14 heavy (non-hydrogen) atoms. The van der Waals surface area contributed by atoms with Gasteiger partial charge in [0.25, 0.3) is 0 Å². The molecule has 2 nitrogen and oxygen atoms in total. The fourth-order valence-electron chi connectivity index (χ4n) is 1.07. The van der Waals surface area contributed by atoms with E-state index in [-0.39, 0.29) is 5.97 Å². The highest BCUT2D eigenvalue weighted by molar-refractivity contribution is 6.33. The average molecular weight is 233 g/mol. The van der Waals surface area contributed by atoms with E-state index in [1.807, 2.05) is 0 Å². The number of hydrogen-bond donors (Lipinski definition) is 0. The number of esters is 1. The minimum absolute atomic E-state index is 0.249. The van der Waals surface area contributed by atoms with E-state index in [2.05, 4.69) is 4.74 Å². The number of rotatable bonds is 3. The summed E-state index contributed by atoms with van der Waals surface area (Å²) >= 11 is 11.7. The van der Waals surface area contributed by atoms with Crippen LogP contribution in [0.15, 0.2) is 18.2 Å². The summed E-state index contributed by atoms with van der Waals surface area (Å²) in [6.45, 7) is 0. The van der Waals surface area contributed by atoms with Crippen molar-refractivity contribution in [2.24, 2.45) is 0 Å². The van der Waals surface area contributed by atoms with Crippen LogP contribution in [0.3, 0.4) is 0 Å². The smallest absolute Gasteiger partial charge is 0.305 e. The van der Waals surface area contributed by atoms with Crippen LogP contribution in [0.2, 0.25) is 10.0 Å². The highest BCUT2D eigenvalue weighted by Gasteiger charge is 2.05. The summed E-state index contributed by atoms with van der Waals surface area (Å²) in [4.78, 5) is 10.9. The van der Waals surface area contributed by atoms with Gasteiger partial charge in [-0.15, -0.1) is 0 Å². The monoisotopic (exact) mass is 232 g/mol. The molecule has 0 saturated heterocycles. The zero-order valence-electron chi connectivity index (χ0n) is 7.72. The molecule has 76 valence electrons. The van der Waals surface area contributed by atoms with Crippen molar-refractivity contribution >= 4 is 29.2 Å². The number of aryl methyl sites for hydroxylation is 1. The van der Waals surface area contributed by atoms with Gasteiger partial charge in [-0.05, 0) is 30.2 Å². The third-order valence-electron chi connectivity index (χ3n) is 1.83. The van der Waals surface area contributed by atoms with Crippen LogP contribution in [0.4, 0.5) is 0 Å². The molecule has 0 atom stereocenters. The van der Waals surface area contributed by atoms with Crippen molar-refractivity contribution in [2.45, 2.75) is 12.8 Å². The quantitative estimate of drug-likeness (QED) is 0.750. The van der Waals surface area contributed by atoms with Gasteiger partial charge >= 0.3 is 5.97 Å². The first-order valence-corrected chi connectivity index (χ1v) is 4.90. The average Bonchev–Trinajstić information content (AvgIpc) is 2.19. The van der Waals surface area contributed by atoms with E-state index in [1.54, 1.807) is 18.2 Å². The molecule has 0 spiro atoms. The number of ether oxygens (including phenoxy) is 1. The van der Waals surface area contributed by atoms with Gasteiger partial charge in [0.1, 0.15) is 0 Å². The molecular formula is C10H10Cl2O2. The molecule has 0 saturated carbocycles. The molecule has 0 aliphatic rings. The normalized spacial score (nSPS) is 9.93. The second kappa shape index (κ2) is 5.23.